The molecule has 0 aliphatic carbocycles. The SMILES string of the molecule is Cc1ccc(-c2ncco2)cc1O. The van der Waals surface area contributed by atoms with Crippen molar-refractivity contribution in [3.05, 3.63) is 36.2 Å². The fourth-order valence-electron chi connectivity index (χ4n) is 1.11. The van der Waals surface area contributed by atoms with Gasteiger partial charge in [0.05, 0.1) is 6.20 Å². The van der Waals surface area contributed by atoms with Gasteiger partial charge in [0.2, 0.25) is 5.89 Å². The number of hydrogen-bond acceptors (Lipinski definition) is 3. The summed E-state index contributed by atoms with van der Waals surface area (Å²) >= 11 is 0. The van der Waals surface area contributed by atoms with Gasteiger partial charge in [0, 0.05) is 5.56 Å². The van der Waals surface area contributed by atoms with E-state index in [0.29, 0.717) is 5.89 Å². The lowest BCUT2D eigenvalue weighted by Crippen LogP contribution is -1.79. The molecular formula is C10H9NO2. The van der Waals surface area contributed by atoms with Crippen LogP contribution in [0.25, 0.3) is 11.5 Å². The molecule has 2 aromatic rings. The first-order chi connectivity index (χ1) is 6.27. The van der Waals surface area contributed by atoms with Crippen molar-refractivity contribution < 1.29 is 9.52 Å². The smallest absolute Gasteiger partial charge is 0.225 e. The number of phenolic OH excluding ortho intramolecular Hbond substituents is 1. The fraction of sp³-hybridized carbons (Fsp3) is 0.100. The van der Waals surface area contributed by atoms with Crippen LogP contribution >= 0.6 is 0 Å². The molecule has 1 heterocycles. The minimum Gasteiger partial charge on any atom is -0.508 e. The molecule has 0 saturated heterocycles. The third kappa shape index (κ3) is 1.40. The van der Waals surface area contributed by atoms with Crippen LogP contribution in [0.4, 0.5) is 0 Å². The molecule has 0 aliphatic heterocycles. The summed E-state index contributed by atoms with van der Waals surface area (Å²) in [6, 6.07) is 5.33. The maximum Gasteiger partial charge on any atom is 0.225 e. The zero-order valence-electron chi connectivity index (χ0n) is 7.19. The molecule has 1 aromatic carbocycles. The van der Waals surface area contributed by atoms with Gasteiger partial charge in [-0.1, -0.05) is 6.07 Å². The molecule has 0 aliphatic rings. The summed E-state index contributed by atoms with van der Waals surface area (Å²) in [5, 5.41) is 9.43. The molecule has 0 unspecified atom stereocenters. The van der Waals surface area contributed by atoms with Gasteiger partial charge in [-0.05, 0) is 24.6 Å². The molecule has 0 atom stereocenters. The van der Waals surface area contributed by atoms with Crippen LogP contribution in [0.15, 0.2) is 35.1 Å². The van der Waals surface area contributed by atoms with Crippen LogP contribution in [0.3, 0.4) is 0 Å². The van der Waals surface area contributed by atoms with Gasteiger partial charge in [-0.3, -0.25) is 0 Å². The van der Waals surface area contributed by atoms with E-state index >= 15 is 0 Å². The molecular weight excluding hydrogens is 166 g/mol. The molecule has 3 heteroatoms. The number of aromatic hydroxyl groups is 1. The monoisotopic (exact) mass is 175 g/mol. The number of oxazole rings is 1. The highest BCUT2D eigenvalue weighted by Gasteiger charge is 2.03. The lowest BCUT2D eigenvalue weighted by atomic mass is 10.1. The second-order valence-electron chi connectivity index (χ2n) is 2.84. The van der Waals surface area contributed by atoms with E-state index in [1.165, 1.54) is 6.26 Å². The molecule has 1 N–H and O–H groups in total. The quantitative estimate of drug-likeness (QED) is 0.723. The third-order valence-corrected chi connectivity index (χ3v) is 1.89. The Labute approximate surface area is 75.7 Å². The topological polar surface area (TPSA) is 46.3 Å². The summed E-state index contributed by atoms with van der Waals surface area (Å²) < 4.78 is 5.09. The minimum absolute atomic E-state index is 0.260. The molecule has 1 aromatic heterocycles. The highest BCUT2D eigenvalue weighted by atomic mass is 16.3. The summed E-state index contributed by atoms with van der Waals surface area (Å²) in [4.78, 5) is 3.98. The Balaban J connectivity index is 2.49. The second-order valence-corrected chi connectivity index (χ2v) is 2.84. The van der Waals surface area contributed by atoms with Gasteiger partial charge in [-0.25, -0.2) is 4.98 Å². The third-order valence-electron chi connectivity index (χ3n) is 1.89. The average Bonchev–Trinajstić information content (AvgIpc) is 2.62. The van der Waals surface area contributed by atoms with Crippen molar-refractivity contribution in [1.82, 2.24) is 4.98 Å². The molecule has 13 heavy (non-hydrogen) atoms. The lowest BCUT2D eigenvalue weighted by Gasteiger charge is -1.99. The van der Waals surface area contributed by atoms with Crippen molar-refractivity contribution in [3.63, 3.8) is 0 Å². The normalized spacial score (nSPS) is 10.2. The first-order valence-corrected chi connectivity index (χ1v) is 3.97. The van der Waals surface area contributed by atoms with Gasteiger partial charge in [-0.15, -0.1) is 0 Å². The van der Waals surface area contributed by atoms with Crippen LogP contribution in [0, 0.1) is 6.92 Å². The summed E-state index contributed by atoms with van der Waals surface area (Å²) in [7, 11) is 0. The van der Waals surface area contributed by atoms with E-state index in [0.717, 1.165) is 11.1 Å². The molecule has 3 nitrogen and oxygen atoms in total. The van der Waals surface area contributed by atoms with Crippen molar-refractivity contribution in [3.8, 4) is 17.2 Å². The zero-order chi connectivity index (χ0) is 9.26. The zero-order valence-corrected chi connectivity index (χ0v) is 7.19. The van der Waals surface area contributed by atoms with Gasteiger partial charge in [0.25, 0.3) is 0 Å². The Hall–Kier alpha value is -1.77. The van der Waals surface area contributed by atoms with Gasteiger partial charge in [0.1, 0.15) is 12.0 Å². The number of rotatable bonds is 1. The van der Waals surface area contributed by atoms with E-state index < -0.39 is 0 Å². The maximum atomic E-state index is 9.43. The van der Waals surface area contributed by atoms with Crippen molar-refractivity contribution in [2.45, 2.75) is 6.92 Å². The Morgan fingerprint density at radius 1 is 1.38 bits per heavy atom. The van der Waals surface area contributed by atoms with Crippen LogP contribution in [0.1, 0.15) is 5.56 Å². The van der Waals surface area contributed by atoms with Crippen LogP contribution < -0.4 is 0 Å². The molecule has 66 valence electrons. The Morgan fingerprint density at radius 3 is 2.85 bits per heavy atom. The number of hydrogen-bond donors (Lipinski definition) is 1. The Morgan fingerprint density at radius 2 is 2.23 bits per heavy atom. The van der Waals surface area contributed by atoms with Crippen molar-refractivity contribution in [1.29, 1.82) is 0 Å². The van der Waals surface area contributed by atoms with Crippen molar-refractivity contribution >= 4 is 0 Å². The van der Waals surface area contributed by atoms with Gasteiger partial charge in [-0.2, -0.15) is 0 Å². The molecule has 0 radical (unpaired) electrons. The Kier molecular flexibility index (Phi) is 1.77. The first kappa shape index (κ1) is 7.86. The first-order valence-electron chi connectivity index (χ1n) is 3.97. The summed E-state index contributed by atoms with van der Waals surface area (Å²) in [6.45, 7) is 1.84. The van der Waals surface area contributed by atoms with E-state index in [9.17, 15) is 5.11 Å². The number of aryl methyl sites for hydroxylation is 1. The van der Waals surface area contributed by atoms with E-state index in [4.69, 9.17) is 4.42 Å². The second kappa shape index (κ2) is 2.94. The van der Waals surface area contributed by atoms with E-state index in [-0.39, 0.29) is 5.75 Å². The van der Waals surface area contributed by atoms with Crippen molar-refractivity contribution in [2.75, 3.05) is 0 Å². The molecule has 0 spiro atoms. The number of aromatic nitrogens is 1. The molecule has 0 fully saturated rings. The highest BCUT2D eigenvalue weighted by Crippen LogP contribution is 2.24. The largest absolute Gasteiger partial charge is 0.508 e. The van der Waals surface area contributed by atoms with Crippen LogP contribution in [0.2, 0.25) is 0 Å². The molecule has 2 rings (SSSR count). The van der Waals surface area contributed by atoms with E-state index in [1.54, 1.807) is 12.3 Å². The van der Waals surface area contributed by atoms with E-state index in [2.05, 4.69) is 4.98 Å². The predicted molar refractivity (Wildman–Crippen MR) is 48.3 cm³/mol. The summed E-state index contributed by atoms with van der Waals surface area (Å²) in [5.74, 6) is 0.783. The molecule has 0 bridgehead atoms. The van der Waals surface area contributed by atoms with Gasteiger partial charge >= 0.3 is 0 Å². The summed E-state index contributed by atoms with van der Waals surface area (Å²) in [5.41, 5.74) is 1.63. The number of phenols is 1. The highest BCUT2D eigenvalue weighted by molar-refractivity contribution is 5.57. The maximum absolute atomic E-state index is 9.43. The van der Waals surface area contributed by atoms with Crippen molar-refractivity contribution in [2.24, 2.45) is 0 Å². The van der Waals surface area contributed by atoms with Gasteiger partial charge < -0.3 is 9.52 Å². The average molecular weight is 175 g/mol. The summed E-state index contributed by atoms with van der Waals surface area (Å²) in [6.07, 6.45) is 3.08. The fourth-order valence-corrected chi connectivity index (χ4v) is 1.11. The molecule has 0 saturated carbocycles. The molecule has 0 amide bonds. The standard InChI is InChI=1S/C10H9NO2/c1-7-2-3-8(6-9(7)12)10-11-4-5-13-10/h2-6,12H,1H3. The van der Waals surface area contributed by atoms with Crippen LogP contribution in [-0.2, 0) is 0 Å². The minimum atomic E-state index is 0.260. The van der Waals surface area contributed by atoms with E-state index in [1.807, 2.05) is 19.1 Å². The van der Waals surface area contributed by atoms with Crippen LogP contribution in [-0.4, -0.2) is 10.1 Å². The lowest BCUT2D eigenvalue weighted by molar-refractivity contribution is 0.471. The predicted octanol–water partition coefficient (Wildman–Crippen LogP) is 2.36. The van der Waals surface area contributed by atoms with Crippen LogP contribution in [0.5, 0.6) is 5.75 Å². The Bertz CT molecular complexity index is 407. The number of benzene rings is 1. The number of nitrogens with zero attached hydrogens (tertiary/aromatic N) is 1. The van der Waals surface area contributed by atoms with Gasteiger partial charge in [0.15, 0.2) is 0 Å².